The van der Waals surface area contributed by atoms with Crippen molar-refractivity contribution in [2.24, 2.45) is 0 Å². The van der Waals surface area contributed by atoms with Crippen molar-refractivity contribution < 1.29 is 9.59 Å². The molecule has 0 radical (unpaired) electrons. The van der Waals surface area contributed by atoms with Gasteiger partial charge in [0.1, 0.15) is 0 Å². The van der Waals surface area contributed by atoms with Gasteiger partial charge in [-0.1, -0.05) is 6.07 Å². The lowest BCUT2D eigenvalue weighted by atomic mass is 10.2. The maximum atomic E-state index is 11.8. The molecule has 0 unspecified atom stereocenters. The molecule has 5 heteroatoms. The van der Waals surface area contributed by atoms with Crippen molar-refractivity contribution in [3.8, 4) is 0 Å². The molecule has 2 heterocycles. The summed E-state index contributed by atoms with van der Waals surface area (Å²) in [5.74, 6) is 0.215. The SMILES string of the molecule is O=C(Cc1cccs1)N[C@@H]1CC(=O)N(C2CC2)C1. The van der Waals surface area contributed by atoms with Crippen LogP contribution in [0.15, 0.2) is 17.5 Å². The summed E-state index contributed by atoms with van der Waals surface area (Å²) in [5.41, 5.74) is 0. The molecular weight excluding hydrogens is 248 g/mol. The van der Waals surface area contributed by atoms with Crippen LogP contribution < -0.4 is 5.32 Å². The molecule has 4 nitrogen and oxygen atoms in total. The van der Waals surface area contributed by atoms with Gasteiger partial charge in [0.2, 0.25) is 11.8 Å². The van der Waals surface area contributed by atoms with Crippen molar-refractivity contribution in [3.63, 3.8) is 0 Å². The van der Waals surface area contributed by atoms with Crippen molar-refractivity contribution in [3.05, 3.63) is 22.4 Å². The minimum atomic E-state index is 0.00515. The highest BCUT2D eigenvalue weighted by Crippen LogP contribution is 2.30. The van der Waals surface area contributed by atoms with Crippen LogP contribution in [0, 0.1) is 0 Å². The smallest absolute Gasteiger partial charge is 0.225 e. The maximum Gasteiger partial charge on any atom is 0.225 e. The number of hydrogen-bond acceptors (Lipinski definition) is 3. The molecule has 2 aliphatic rings. The predicted molar refractivity (Wildman–Crippen MR) is 69.3 cm³/mol. The molecule has 1 atom stereocenters. The summed E-state index contributed by atoms with van der Waals surface area (Å²) >= 11 is 1.59. The summed E-state index contributed by atoms with van der Waals surface area (Å²) in [5, 5.41) is 4.93. The van der Waals surface area contributed by atoms with E-state index in [0.29, 0.717) is 25.4 Å². The van der Waals surface area contributed by atoms with E-state index in [1.165, 1.54) is 0 Å². The highest BCUT2D eigenvalue weighted by Gasteiger charge is 2.39. The third-order valence-electron chi connectivity index (χ3n) is 3.43. The van der Waals surface area contributed by atoms with E-state index in [-0.39, 0.29) is 17.9 Å². The standard InChI is InChI=1S/C13H16N2O2S/c16-12(7-11-2-1-5-18-11)14-9-6-13(17)15(8-9)10-3-4-10/h1-2,5,9-10H,3-4,6-8H2,(H,14,16)/t9-/m1/s1. The number of carbonyl (C=O) groups is 2. The van der Waals surface area contributed by atoms with E-state index in [1.54, 1.807) is 11.3 Å². The Morgan fingerprint density at radius 1 is 1.50 bits per heavy atom. The summed E-state index contributed by atoms with van der Waals surface area (Å²) < 4.78 is 0. The molecule has 2 fully saturated rings. The van der Waals surface area contributed by atoms with E-state index in [0.717, 1.165) is 17.7 Å². The second kappa shape index (κ2) is 4.72. The van der Waals surface area contributed by atoms with Gasteiger partial charge in [0.25, 0.3) is 0 Å². The summed E-state index contributed by atoms with van der Waals surface area (Å²) in [7, 11) is 0. The van der Waals surface area contributed by atoms with Crippen LogP contribution in [0.4, 0.5) is 0 Å². The third-order valence-corrected chi connectivity index (χ3v) is 4.30. The highest BCUT2D eigenvalue weighted by molar-refractivity contribution is 7.10. The Labute approximate surface area is 110 Å². The molecule has 1 aliphatic heterocycles. The molecule has 1 aromatic rings. The average molecular weight is 264 g/mol. The molecular formula is C13H16N2O2S. The first-order valence-corrected chi connectivity index (χ1v) is 7.21. The van der Waals surface area contributed by atoms with Gasteiger partial charge in [-0.2, -0.15) is 0 Å². The number of thiophene rings is 1. The molecule has 2 amide bonds. The molecule has 96 valence electrons. The predicted octanol–water partition coefficient (Wildman–Crippen LogP) is 1.17. The Morgan fingerprint density at radius 2 is 2.33 bits per heavy atom. The Bertz CT molecular complexity index is 454. The molecule has 0 spiro atoms. The van der Waals surface area contributed by atoms with Crippen LogP contribution in [0.5, 0.6) is 0 Å². The van der Waals surface area contributed by atoms with E-state index in [4.69, 9.17) is 0 Å². The molecule has 0 bridgehead atoms. The van der Waals surface area contributed by atoms with Gasteiger partial charge in [-0.15, -0.1) is 11.3 Å². The van der Waals surface area contributed by atoms with Crippen molar-refractivity contribution in [1.82, 2.24) is 10.2 Å². The molecule has 18 heavy (non-hydrogen) atoms. The summed E-state index contributed by atoms with van der Waals surface area (Å²) in [6.45, 7) is 0.694. The van der Waals surface area contributed by atoms with Crippen LogP contribution in [0.25, 0.3) is 0 Å². The van der Waals surface area contributed by atoms with E-state index >= 15 is 0 Å². The molecule has 1 aliphatic carbocycles. The van der Waals surface area contributed by atoms with Crippen LogP contribution in [0.3, 0.4) is 0 Å². The zero-order valence-corrected chi connectivity index (χ0v) is 10.9. The fourth-order valence-corrected chi connectivity index (χ4v) is 3.12. The zero-order valence-electron chi connectivity index (χ0n) is 10.1. The van der Waals surface area contributed by atoms with Crippen LogP contribution >= 0.6 is 11.3 Å². The van der Waals surface area contributed by atoms with Crippen molar-refractivity contribution in [1.29, 1.82) is 0 Å². The zero-order chi connectivity index (χ0) is 12.5. The fourth-order valence-electron chi connectivity index (χ4n) is 2.42. The van der Waals surface area contributed by atoms with Gasteiger partial charge >= 0.3 is 0 Å². The van der Waals surface area contributed by atoms with Crippen molar-refractivity contribution >= 4 is 23.2 Å². The molecule has 1 aromatic heterocycles. The minimum absolute atomic E-state index is 0.00515. The van der Waals surface area contributed by atoms with Gasteiger partial charge in [-0.05, 0) is 24.3 Å². The van der Waals surface area contributed by atoms with Crippen LogP contribution in [0.2, 0.25) is 0 Å². The Hall–Kier alpha value is -1.36. The molecule has 0 aromatic carbocycles. The molecule has 3 rings (SSSR count). The fraction of sp³-hybridized carbons (Fsp3) is 0.538. The first-order valence-electron chi connectivity index (χ1n) is 6.33. The number of likely N-dealkylation sites (tertiary alicyclic amines) is 1. The van der Waals surface area contributed by atoms with E-state index in [2.05, 4.69) is 5.32 Å². The lowest BCUT2D eigenvalue weighted by molar-refractivity contribution is -0.128. The maximum absolute atomic E-state index is 11.8. The number of hydrogen-bond donors (Lipinski definition) is 1. The number of rotatable bonds is 4. The highest BCUT2D eigenvalue weighted by atomic mass is 32.1. The van der Waals surface area contributed by atoms with Gasteiger partial charge in [0, 0.05) is 23.9 Å². The summed E-state index contributed by atoms with van der Waals surface area (Å²) in [4.78, 5) is 26.6. The van der Waals surface area contributed by atoms with Crippen LogP contribution in [-0.2, 0) is 16.0 Å². The van der Waals surface area contributed by atoms with Gasteiger partial charge < -0.3 is 10.2 Å². The van der Waals surface area contributed by atoms with Crippen LogP contribution in [-0.4, -0.2) is 35.3 Å². The first kappa shape index (κ1) is 11.7. The van der Waals surface area contributed by atoms with E-state index in [9.17, 15) is 9.59 Å². The topological polar surface area (TPSA) is 49.4 Å². The lowest BCUT2D eigenvalue weighted by Crippen LogP contribution is -2.38. The number of nitrogens with zero attached hydrogens (tertiary/aromatic N) is 1. The molecule has 1 saturated heterocycles. The van der Waals surface area contributed by atoms with Gasteiger partial charge in [-0.3, -0.25) is 9.59 Å². The Kier molecular flexibility index (Phi) is 3.07. The van der Waals surface area contributed by atoms with Crippen LogP contribution in [0.1, 0.15) is 24.1 Å². The monoisotopic (exact) mass is 264 g/mol. The minimum Gasteiger partial charge on any atom is -0.351 e. The first-order chi connectivity index (χ1) is 8.72. The lowest BCUT2D eigenvalue weighted by Gasteiger charge is -2.16. The van der Waals surface area contributed by atoms with Gasteiger partial charge in [0.05, 0.1) is 12.5 Å². The Morgan fingerprint density at radius 3 is 3.00 bits per heavy atom. The second-order valence-electron chi connectivity index (χ2n) is 5.00. The Balaban J connectivity index is 1.51. The van der Waals surface area contributed by atoms with E-state index < -0.39 is 0 Å². The van der Waals surface area contributed by atoms with Gasteiger partial charge in [0.15, 0.2) is 0 Å². The average Bonchev–Trinajstić information content (AvgIpc) is 2.92. The molecule has 1 N–H and O–H groups in total. The second-order valence-corrected chi connectivity index (χ2v) is 6.03. The van der Waals surface area contributed by atoms with Crippen molar-refractivity contribution in [2.75, 3.05) is 6.54 Å². The molecule has 1 saturated carbocycles. The number of amides is 2. The normalized spacial score (nSPS) is 23.4. The van der Waals surface area contributed by atoms with Gasteiger partial charge in [-0.25, -0.2) is 0 Å². The summed E-state index contributed by atoms with van der Waals surface area (Å²) in [6.07, 6.45) is 3.14. The largest absolute Gasteiger partial charge is 0.351 e. The van der Waals surface area contributed by atoms with E-state index in [1.807, 2.05) is 22.4 Å². The quantitative estimate of drug-likeness (QED) is 0.887. The number of carbonyl (C=O) groups excluding carboxylic acids is 2. The van der Waals surface area contributed by atoms with Crippen molar-refractivity contribution in [2.45, 2.75) is 37.8 Å². The summed E-state index contributed by atoms with van der Waals surface area (Å²) in [6, 6.07) is 4.36. The third kappa shape index (κ3) is 2.56. The number of nitrogens with one attached hydrogen (secondary N) is 1.